The molecule has 21 heavy (non-hydrogen) atoms. The Morgan fingerprint density at radius 3 is 2.52 bits per heavy atom. The zero-order valence-electron chi connectivity index (χ0n) is 12.9. The molecule has 114 valence electrons. The Labute approximate surface area is 126 Å². The molecule has 1 aromatic carbocycles. The average molecular weight is 289 g/mol. The van der Waals surface area contributed by atoms with Crippen LogP contribution in [0.25, 0.3) is 0 Å². The molecule has 0 saturated carbocycles. The van der Waals surface area contributed by atoms with Crippen LogP contribution >= 0.6 is 0 Å². The summed E-state index contributed by atoms with van der Waals surface area (Å²) in [6.07, 6.45) is 2.06. The maximum Gasteiger partial charge on any atom is 0.410 e. The minimum atomic E-state index is -0.514. The number of likely N-dealkylation sites (tertiary alicyclic amines) is 1. The number of aldehydes is 1. The van der Waals surface area contributed by atoms with Gasteiger partial charge in [-0.25, -0.2) is 4.79 Å². The molecule has 0 aromatic heterocycles. The molecule has 4 heteroatoms. The number of hydrogen-bond donors (Lipinski definition) is 0. The molecule has 2 atom stereocenters. The molecule has 0 aliphatic carbocycles. The number of piperidine rings is 1. The summed E-state index contributed by atoms with van der Waals surface area (Å²) in [6.45, 7) is 6.14. The van der Waals surface area contributed by atoms with Gasteiger partial charge in [-0.1, -0.05) is 30.3 Å². The van der Waals surface area contributed by atoms with Crippen LogP contribution in [0.3, 0.4) is 0 Å². The van der Waals surface area contributed by atoms with E-state index in [1.165, 1.54) is 0 Å². The minimum absolute atomic E-state index is 0.00823. The second kappa shape index (κ2) is 6.29. The second-order valence-electron chi connectivity index (χ2n) is 6.52. The van der Waals surface area contributed by atoms with Crippen molar-refractivity contribution >= 4 is 12.4 Å². The van der Waals surface area contributed by atoms with Crippen LogP contribution in [-0.4, -0.2) is 29.4 Å². The van der Waals surface area contributed by atoms with Gasteiger partial charge in [-0.3, -0.25) is 0 Å². The van der Waals surface area contributed by atoms with Crippen LogP contribution in [0.1, 0.15) is 45.2 Å². The van der Waals surface area contributed by atoms with E-state index in [0.717, 1.165) is 11.8 Å². The summed E-state index contributed by atoms with van der Waals surface area (Å²) in [6, 6.07) is 9.75. The van der Waals surface area contributed by atoms with Gasteiger partial charge in [0.15, 0.2) is 0 Å². The van der Waals surface area contributed by atoms with Crippen molar-refractivity contribution in [2.24, 2.45) is 5.92 Å². The Hall–Kier alpha value is -1.84. The topological polar surface area (TPSA) is 46.6 Å². The summed E-state index contributed by atoms with van der Waals surface area (Å²) in [7, 11) is 0. The predicted molar refractivity (Wildman–Crippen MR) is 80.9 cm³/mol. The standard InChI is InChI=1S/C17H23NO3/c1-17(2,3)21-16(20)18-10-9-13(12-19)11-15(18)14-7-5-4-6-8-14/h4-8,12-13,15H,9-11H2,1-3H3. The monoisotopic (exact) mass is 289 g/mol. The van der Waals surface area contributed by atoms with Gasteiger partial charge < -0.3 is 14.4 Å². The molecule has 1 aromatic rings. The number of rotatable bonds is 2. The lowest BCUT2D eigenvalue weighted by atomic mass is 9.88. The highest BCUT2D eigenvalue weighted by Crippen LogP contribution is 2.34. The molecular weight excluding hydrogens is 266 g/mol. The normalized spacial score (nSPS) is 22.7. The summed E-state index contributed by atoms with van der Waals surface area (Å²) in [5.74, 6) is 0.00823. The number of benzene rings is 1. The van der Waals surface area contributed by atoms with E-state index in [1.807, 2.05) is 51.1 Å². The molecule has 0 bridgehead atoms. The van der Waals surface area contributed by atoms with Gasteiger partial charge in [-0.2, -0.15) is 0 Å². The third kappa shape index (κ3) is 4.06. The zero-order chi connectivity index (χ0) is 15.5. The van der Waals surface area contributed by atoms with Crippen molar-refractivity contribution in [1.82, 2.24) is 4.90 Å². The van der Waals surface area contributed by atoms with Crippen molar-refractivity contribution in [3.63, 3.8) is 0 Å². The van der Waals surface area contributed by atoms with Crippen molar-refractivity contribution in [2.45, 2.75) is 45.3 Å². The van der Waals surface area contributed by atoms with Crippen LogP contribution in [0.15, 0.2) is 30.3 Å². The Bertz CT molecular complexity index is 493. The van der Waals surface area contributed by atoms with Crippen LogP contribution < -0.4 is 0 Å². The van der Waals surface area contributed by atoms with Crippen molar-refractivity contribution in [2.75, 3.05) is 6.54 Å². The third-order valence-electron chi connectivity index (χ3n) is 3.65. The van der Waals surface area contributed by atoms with Crippen LogP contribution in [0.4, 0.5) is 4.79 Å². The summed E-state index contributed by atoms with van der Waals surface area (Å²) in [5.41, 5.74) is 0.537. The number of carbonyl (C=O) groups excluding carboxylic acids is 2. The van der Waals surface area contributed by atoms with Gasteiger partial charge >= 0.3 is 6.09 Å². The summed E-state index contributed by atoms with van der Waals surface area (Å²) in [5, 5.41) is 0. The average Bonchev–Trinajstić information content (AvgIpc) is 2.45. The van der Waals surface area contributed by atoms with Crippen LogP contribution in [0.2, 0.25) is 0 Å². The third-order valence-corrected chi connectivity index (χ3v) is 3.65. The van der Waals surface area contributed by atoms with Crippen molar-refractivity contribution in [3.8, 4) is 0 Å². The Balaban J connectivity index is 2.21. The molecule has 0 spiro atoms. The lowest BCUT2D eigenvalue weighted by Crippen LogP contribution is -2.44. The number of carbonyl (C=O) groups is 2. The first kappa shape index (κ1) is 15.5. The van der Waals surface area contributed by atoms with E-state index in [9.17, 15) is 9.59 Å². The van der Waals surface area contributed by atoms with E-state index in [2.05, 4.69) is 0 Å². The van der Waals surface area contributed by atoms with Gasteiger partial charge in [-0.15, -0.1) is 0 Å². The van der Waals surface area contributed by atoms with Crippen molar-refractivity contribution in [1.29, 1.82) is 0 Å². The summed E-state index contributed by atoms with van der Waals surface area (Å²) >= 11 is 0. The fraction of sp³-hybridized carbons (Fsp3) is 0.529. The SMILES string of the molecule is CC(C)(C)OC(=O)N1CCC(C=O)CC1c1ccccc1. The maximum absolute atomic E-state index is 12.4. The maximum atomic E-state index is 12.4. The molecule has 1 amide bonds. The van der Waals surface area contributed by atoms with Crippen LogP contribution in [0.5, 0.6) is 0 Å². The molecule has 0 radical (unpaired) electrons. The predicted octanol–water partition coefficient (Wildman–Crippen LogP) is 3.57. The second-order valence-corrected chi connectivity index (χ2v) is 6.52. The van der Waals surface area contributed by atoms with Gasteiger partial charge in [0, 0.05) is 12.5 Å². The van der Waals surface area contributed by atoms with E-state index < -0.39 is 5.60 Å². The molecule has 2 rings (SSSR count). The Morgan fingerprint density at radius 2 is 1.95 bits per heavy atom. The quantitative estimate of drug-likeness (QED) is 0.782. The van der Waals surface area contributed by atoms with E-state index >= 15 is 0 Å². The number of amides is 1. The fourth-order valence-electron chi connectivity index (χ4n) is 2.65. The highest BCUT2D eigenvalue weighted by molar-refractivity contribution is 5.69. The lowest BCUT2D eigenvalue weighted by molar-refractivity contribution is -0.113. The summed E-state index contributed by atoms with van der Waals surface area (Å²) < 4.78 is 5.50. The van der Waals surface area contributed by atoms with Crippen molar-refractivity contribution < 1.29 is 14.3 Å². The number of hydrogen-bond acceptors (Lipinski definition) is 3. The lowest BCUT2D eigenvalue weighted by Gasteiger charge is -2.39. The molecular formula is C17H23NO3. The first-order chi connectivity index (χ1) is 9.90. The molecule has 0 N–H and O–H groups in total. The fourth-order valence-corrected chi connectivity index (χ4v) is 2.65. The summed E-state index contributed by atoms with van der Waals surface area (Å²) in [4.78, 5) is 25.3. The molecule has 1 aliphatic heterocycles. The molecule has 1 saturated heterocycles. The first-order valence-electron chi connectivity index (χ1n) is 7.40. The van der Waals surface area contributed by atoms with Gasteiger partial charge in [-0.05, 0) is 39.2 Å². The van der Waals surface area contributed by atoms with E-state index in [4.69, 9.17) is 4.74 Å². The first-order valence-corrected chi connectivity index (χ1v) is 7.40. The molecule has 2 unspecified atom stereocenters. The van der Waals surface area contributed by atoms with Gasteiger partial charge in [0.2, 0.25) is 0 Å². The molecule has 1 heterocycles. The van der Waals surface area contributed by atoms with Gasteiger partial charge in [0.1, 0.15) is 11.9 Å². The molecule has 4 nitrogen and oxygen atoms in total. The smallest absolute Gasteiger partial charge is 0.410 e. The Morgan fingerprint density at radius 1 is 1.29 bits per heavy atom. The van der Waals surface area contributed by atoms with Crippen LogP contribution in [-0.2, 0) is 9.53 Å². The highest BCUT2D eigenvalue weighted by atomic mass is 16.6. The Kier molecular flexibility index (Phi) is 4.66. The van der Waals surface area contributed by atoms with Crippen LogP contribution in [0, 0.1) is 5.92 Å². The molecule has 1 aliphatic rings. The molecule has 1 fully saturated rings. The van der Waals surface area contributed by atoms with Gasteiger partial charge in [0.05, 0.1) is 6.04 Å². The largest absolute Gasteiger partial charge is 0.444 e. The zero-order valence-corrected chi connectivity index (χ0v) is 12.9. The van der Waals surface area contributed by atoms with E-state index in [1.54, 1.807) is 4.90 Å². The number of nitrogens with zero attached hydrogens (tertiary/aromatic N) is 1. The number of ether oxygens (including phenoxy) is 1. The van der Waals surface area contributed by atoms with E-state index in [0.29, 0.717) is 19.4 Å². The van der Waals surface area contributed by atoms with E-state index in [-0.39, 0.29) is 18.1 Å². The highest BCUT2D eigenvalue weighted by Gasteiger charge is 2.34. The van der Waals surface area contributed by atoms with Crippen molar-refractivity contribution in [3.05, 3.63) is 35.9 Å². The van der Waals surface area contributed by atoms with Gasteiger partial charge in [0.25, 0.3) is 0 Å². The minimum Gasteiger partial charge on any atom is -0.444 e.